The SMILES string of the molecule is CCCCCC/C=C/CC/C=C/CC/C=C/C(O)C(COP(=O)(O)OCCN)NC(=O)CCCCCCCC/C=C\C/C=C\C/C=C\CCCCCCC. The maximum absolute atomic E-state index is 12.7. The third kappa shape index (κ3) is 38.2. The van der Waals surface area contributed by atoms with Gasteiger partial charge in [-0.3, -0.25) is 13.8 Å². The molecule has 8 nitrogen and oxygen atoms in total. The van der Waals surface area contributed by atoms with E-state index >= 15 is 0 Å². The van der Waals surface area contributed by atoms with Crippen LogP contribution >= 0.6 is 7.82 Å². The highest BCUT2D eigenvalue weighted by molar-refractivity contribution is 7.47. The molecule has 3 atom stereocenters. The average Bonchev–Trinajstić information content (AvgIpc) is 3.16. The van der Waals surface area contributed by atoms with E-state index in [-0.39, 0.29) is 25.7 Å². The summed E-state index contributed by atoms with van der Waals surface area (Å²) in [6.07, 6.45) is 52.3. The Morgan fingerprint density at radius 2 is 1.04 bits per heavy atom. The highest BCUT2D eigenvalue weighted by Crippen LogP contribution is 2.43. The number of rotatable bonds is 39. The second-order valence-corrected chi connectivity index (χ2v) is 15.6. The Labute approximate surface area is 331 Å². The molecular formula is C45H81N2O6P. The Balaban J connectivity index is 4.31. The van der Waals surface area contributed by atoms with Crippen molar-refractivity contribution < 1.29 is 28.4 Å². The van der Waals surface area contributed by atoms with Gasteiger partial charge in [0.1, 0.15) is 0 Å². The summed E-state index contributed by atoms with van der Waals surface area (Å²) in [5, 5.41) is 13.6. The molecule has 5 N–H and O–H groups in total. The monoisotopic (exact) mass is 777 g/mol. The number of phosphoric acid groups is 1. The molecule has 0 saturated carbocycles. The topological polar surface area (TPSA) is 131 Å². The molecule has 54 heavy (non-hydrogen) atoms. The first-order valence-corrected chi connectivity index (χ1v) is 23.1. The van der Waals surface area contributed by atoms with Crippen molar-refractivity contribution >= 4 is 13.7 Å². The fraction of sp³-hybridized carbons (Fsp3) is 0.711. The minimum atomic E-state index is -4.36. The zero-order valence-electron chi connectivity index (χ0n) is 34.4. The minimum absolute atomic E-state index is 0.0659. The van der Waals surface area contributed by atoms with Gasteiger partial charge in [-0.15, -0.1) is 0 Å². The van der Waals surface area contributed by atoms with Crippen molar-refractivity contribution in [2.75, 3.05) is 19.8 Å². The molecule has 0 saturated heterocycles. The second-order valence-electron chi connectivity index (χ2n) is 14.2. The van der Waals surface area contributed by atoms with Gasteiger partial charge in [-0.05, 0) is 83.5 Å². The molecule has 0 aliphatic carbocycles. The van der Waals surface area contributed by atoms with E-state index in [4.69, 9.17) is 14.8 Å². The minimum Gasteiger partial charge on any atom is -0.387 e. The van der Waals surface area contributed by atoms with Gasteiger partial charge in [0.15, 0.2) is 0 Å². The fourth-order valence-electron chi connectivity index (χ4n) is 5.70. The molecular weight excluding hydrogens is 695 g/mol. The molecule has 0 aliphatic heterocycles. The van der Waals surface area contributed by atoms with Gasteiger partial charge < -0.3 is 21.1 Å². The Kier molecular flexibility index (Phi) is 39.0. The van der Waals surface area contributed by atoms with Crippen LogP contribution in [0, 0.1) is 0 Å². The van der Waals surface area contributed by atoms with E-state index in [1.807, 2.05) is 6.08 Å². The molecule has 9 heteroatoms. The first-order chi connectivity index (χ1) is 26.4. The van der Waals surface area contributed by atoms with Crippen LogP contribution < -0.4 is 11.1 Å². The zero-order chi connectivity index (χ0) is 39.6. The van der Waals surface area contributed by atoms with Gasteiger partial charge in [0.25, 0.3) is 0 Å². The van der Waals surface area contributed by atoms with Crippen LogP contribution in [0.1, 0.15) is 174 Å². The lowest BCUT2D eigenvalue weighted by atomic mass is 10.1. The van der Waals surface area contributed by atoms with Gasteiger partial charge in [0.05, 0.1) is 25.4 Å². The number of phosphoric ester groups is 1. The van der Waals surface area contributed by atoms with Crippen LogP contribution in [0.4, 0.5) is 0 Å². The van der Waals surface area contributed by atoms with Crippen molar-refractivity contribution in [3.05, 3.63) is 72.9 Å². The first-order valence-electron chi connectivity index (χ1n) is 21.6. The van der Waals surface area contributed by atoms with Gasteiger partial charge in [0, 0.05) is 13.0 Å². The molecule has 312 valence electrons. The largest absolute Gasteiger partial charge is 0.472 e. The van der Waals surface area contributed by atoms with Gasteiger partial charge in [0.2, 0.25) is 5.91 Å². The molecule has 0 bridgehead atoms. The number of carbonyl (C=O) groups is 1. The number of unbranched alkanes of at least 4 members (excludes halogenated alkanes) is 17. The average molecular weight is 777 g/mol. The molecule has 0 heterocycles. The lowest BCUT2D eigenvalue weighted by Gasteiger charge is -2.23. The van der Waals surface area contributed by atoms with Crippen molar-refractivity contribution in [2.24, 2.45) is 5.73 Å². The summed E-state index contributed by atoms with van der Waals surface area (Å²) in [5.41, 5.74) is 5.36. The van der Waals surface area contributed by atoms with Crippen molar-refractivity contribution in [3.8, 4) is 0 Å². The van der Waals surface area contributed by atoms with Gasteiger partial charge in [-0.2, -0.15) is 0 Å². The fourth-order valence-corrected chi connectivity index (χ4v) is 6.46. The number of allylic oxidation sites excluding steroid dienone is 11. The molecule has 0 fully saturated rings. The van der Waals surface area contributed by atoms with E-state index < -0.39 is 20.0 Å². The number of nitrogens with one attached hydrogen (secondary N) is 1. The van der Waals surface area contributed by atoms with Crippen LogP contribution in [0.2, 0.25) is 0 Å². The van der Waals surface area contributed by atoms with Crippen LogP contribution in [0.3, 0.4) is 0 Å². The van der Waals surface area contributed by atoms with E-state index in [2.05, 4.69) is 79.9 Å². The number of aliphatic hydroxyl groups excluding tert-OH is 1. The van der Waals surface area contributed by atoms with E-state index in [1.165, 1.54) is 77.0 Å². The molecule has 0 spiro atoms. The smallest absolute Gasteiger partial charge is 0.387 e. The van der Waals surface area contributed by atoms with Crippen molar-refractivity contribution in [2.45, 2.75) is 187 Å². The number of nitrogens with two attached hydrogens (primary N) is 1. The highest BCUT2D eigenvalue weighted by atomic mass is 31.2. The van der Waals surface area contributed by atoms with Crippen molar-refractivity contribution in [3.63, 3.8) is 0 Å². The van der Waals surface area contributed by atoms with Crippen LogP contribution in [0.15, 0.2) is 72.9 Å². The quantitative estimate of drug-likeness (QED) is 0.0278. The molecule has 0 aromatic heterocycles. The second kappa shape index (κ2) is 40.6. The van der Waals surface area contributed by atoms with Gasteiger partial charge in [-0.1, -0.05) is 157 Å². The lowest BCUT2D eigenvalue weighted by Crippen LogP contribution is -2.45. The van der Waals surface area contributed by atoms with Crippen LogP contribution in [0.5, 0.6) is 0 Å². The molecule has 0 aliphatic rings. The summed E-state index contributed by atoms with van der Waals surface area (Å²) in [6, 6.07) is -0.893. The highest BCUT2D eigenvalue weighted by Gasteiger charge is 2.26. The Bertz CT molecular complexity index is 1070. The number of hydrogen-bond donors (Lipinski definition) is 4. The summed E-state index contributed by atoms with van der Waals surface area (Å²) >= 11 is 0. The molecule has 0 aromatic rings. The van der Waals surface area contributed by atoms with Crippen LogP contribution in [-0.4, -0.2) is 47.8 Å². The maximum Gasteiger partial charge on any atom is 0.472 e. The van der Waals surface area contributed by atoms with Gasteiger partial charge in [-0.25, -0.2) is 4.57 Å². The molecule has 0 aromatic carbocycles. The van der Waals surface area contributed by atoms with E-state index in [1.54, 1.807) is 6.08 Å². The molecule has 1 amide bonds. The molecule has 0 rings (SSSR count). The molecule has 0 radical (unpaired) electrons. The summed E-state index contributed by atoms with van der Waals surface area (Å²) in [6.45, 7) is 4.04. The Morgan fingerprint density at radius 1 is 0.611 bits per heavy atom. The van der Waals surface area contributed by atoms with E-state index in [0.29, 0.717) is 6.42 Å². The van der Waals surface area contributed by atoms with Crippen LogP contribution in [0.25, 0.3) is 0 Å². The molecule has 3 unspecified atom stereocenters. The van der Waals surface area contributed by atoms with Crippen LogP contribution in [-0.2, 0) is 18.4 Å². The van der Waals surface area contributed by atoms with Gasteiger partial charge >= 0.3 is 7.82 Å². The maximum atomic E-state index is 12.7. The lowest BCUT2D eigenvalue weighted by molar-refractivity contribution is -0.123. The third-order valence-corrected chi connectivity index (χ3v) is 9.97. The van der Waals surface area contributed by atoms with Crippen molar-refractivity contribution in [1.82, 2.24) is 5.32 Å². The number of hydrogen-bond acceptors (Lipinski definition) is 6. The standard InChI is InChI=1S/C45H81N2O6P/c1-3-5-7-9-11-13-15-17-19-20-21-22-23-24-25-27-29-31-33-35-37-39-45(49)47-43(42-53-54(50,51)52-41-40-46)44(48)38-36-34-32-30-28-26-18-16-14-12-10-8-6-4-2/h14-17,20-21,23-24,28,30,36,38,43-44,48H,3-13,18-19,22,25-27,29,31-35,37,39-42,46H2,1-2H3,(H,47,49)(H,50,51)/b16-14+,17-15-,21-20-,24-23-,30-28+,38-36+. The normalized spacial score (nSPS) is 14.8. The Hall–Kier alpha value is -2.06. The summed E-state index contributed by atoms with van der Waals surface area (Å²) < 4.78 is 22.1. The number of aliphatic hydroxyl groups is 1. The summed E-state index contributed by atoms with van der Waals surface area (Å²) in [4.78, 5) is 22.7. The Morgan fingerprint density at radius 3 is 1.57 bits per heavy atom. The number of carbonyl (C=O) groups excluding carboxylic acids is 1. The van der Waals surface area contributed by atoms with Crippen molar-refractivity contribution in [1.29, 1.82) is 0 Å². The number of amides is 1. The third-order valence-electron chi connectivity index (χ3n) is 8.98. The summed E-state index contributed by atoms with van der Waals surface area (Å²) in [5.74, 6) is -0.224. The first kappa shape index (κ1) is 51.9. The van der Waals surface area contributed by atoms with E-state index in [0.717, 1.165) is 77.0 Å². The predicted molar refractivity (Wildman–Crippen MR) is 230 cm³/mol. The predicted octanol–water partition coefficient (Wildman–Crippen LogP) is 12.1. The summed E-state index contributed by atoms with van der Waals surface area (Å²) in [7, 11) is -4.36. The zero-order valence-corrected chi connectivity index (χ0v) is 35.3. The van der Waals surface area contributed by atoms with E-state index in [9.17, 15) is 19.4 Å².